The first kappa shape index (κ1) is 32.8. The van der Waals surface area contributed by atoms with Crippen LogP contribution in [-0.4, -0.2) is 24.1 Å². The molecular weight excluding hydrogens is 695 g/mol. The Morgan fingerprint density at radius 3 is 1.02 bits per heavy atom. The van der Waals surface area contributed by atoms with Gasteiger partial charge in [0.25, 0.3) is 0 Å². The van der Waals surface area contributed by atoms with Gasteiger partial charge in [-0.3, -0.25) is 9.13 Å². The highest BCUT2D eigenvalue weighted by molar-refractivity contribution is 6.10. The van der Waals surface area contributed by atoms with Crippen molar-refractivity contribution in [1.29, 1.82) is 0 Å². The molecule has 11 rings (SSSR count). The number of benzene rings is 8. The molecule has 268 valence electrons. The second-order valence-electron chi connectivity index (χ2n) is 14.4. The van der Waals surface area contributed by atoms with Crippen molar-refractivity contribution in [3.8, 4) is 23.3 Å². The highest BCUT2D eigenvalue weighted by Gasteiger charge is 2.38. The van der Waals surface area contributed by atoms with Crippen LogP contribution in [0, 0.1) is 0 Å². The van der Waals surface area contributed by atoms with Crippen molar-refractivity contribution in [2.24, 2.45) is 0 Å². The summed E-state index contributed by atoms with van der Waals surface area (Å²) in [4.78, 5) is 16.1. The molecule has 11 aromatic rings. The number of hydrogen-bond donors (Lipinski definition) is 0. The quantitative estimate of drug-likeness (QED) is 0.153. The Balaban J connectivity index is 1.22. The van der Waals surface area contributed by atoms with E-state index in [1.807, 2.05) is 0 Å². The monoisotopic (exact) mass is 729 g/mol. The van der Waals surface area contributed by atoms with Crippen LogP contribution in [-0.2, 0) is 5.41 Å². The molecule has 0 N–H and O–H groups in total. The zero-order chi connectivity index (χ0) is 37.8. The summed E-state index contributed by atoms with van der Waals surface area (Å²) in [6, 6.07) is 75.1. The predicted molar refractivity (Wildman–Crippen MR) is 232 cm³/mol. The summed E-state index contributed by atoms with van der Waals surface area (Å²) >= 11 is 0. The summed E-state index contributed by atoms with van der Waals surface area (Å²) < 4.78 is 4.36. The third kappa shape index (κ3) is 5.13. The molecule has 0 saturated carbocycles. The molecule has 0 radical (unpaired) electrons. The average Bonchev–Trinajstić information content (AvgIpc) is 3.81. The third-order valence-electron chi connectivity index (χ3n) is 11.3. The zero-order valence-electron chi connectivity index (χ0n) is 30.9. The lowest BCUT2D eigenvalue weighted by molar-refractivity contribution is 0.745. The van der Waals surface area contributed by atoms with Crippen molar-refractivity contribution < 1.29 is 0 Å². The van der Waals surface area contributed by atoms with Gasteiger partial charge in [-0.2, -0.15) is 15.0 Å². The molecule has 0 atom stereocenters. The van der Waals surface area contributed by atoms with Crippen LogP contribution >= 0.6 is 0 Å². The van der Waals surface area contributed by atoms with Crippen LogP contribution in [0.1, 0.15) is 22.3 Å². The maximum Gasteiger partial charge on any atom is 0.240 e. The first-order valence-electron chi connectivity index (χ1n) is 19.3. The Kier molecular flexibility index (Phi) is 7.64. The highest BCUT2D eigenvalue weighted by Crippen LogP contribution is 2.46. The van der Waals surface area contributed by atoms with Crippen LogP contribution in [0.3, 0.4) is 0 Å². The molecule has 3 aromatic heterocycles. The van der Waals surface area contributed by atoms with Crippen molar-refractivity contribution in [3.05, 3.63) is 235 Å². The molecule has 0 saturated heterocycles. The van der Waals surface area contributed by atoms with Crippen LogP contribution in [0.15, 0.2) is 212 Å². The SMILES string of the molecule is c1ccc(C(c2ccccc2)(c2ccccc2)c2cccc(-c3nc(-n4c5ccccc5c5ccccc54)nc(-n4c5ccccc5c5ccccc54)n3)c2)cc1. The molecule has 0 bridgehead atoms. The molecule has 3 heterocycles. The molecule has 0 amide bonds. The van der Waals surface area contributed by atoms with E-state index in [2.05, 4.69) is 221 Å². The van der Waals surface area contributed by atoms with E-state index in [0.29, 0.717) is 17.7 Å². The van der Waals surface area contributed by atoms with Gasteiger partial charge in [-0.1, -0.05) is 182 Å². The van der Waals surface area contributed by atoms with E-state index in [0.717, 1.165) is 54.7 Å². The van der Waals surface area contributed by atoms with E-state index in [1.54, 1.807) is 0 Å². The first-order valence-corrected chi connectivity index (χ1v) is 19.3. The molecule has 0 fully saturated rings. The van der Waals surface area contributed by atoms with Crippen LogP contribution in [0.25, 0.3) is 66.9 Å². The van der Waals surface area contributed by atoms with Gasteiger partial charge >= 0.3 is 0 Å². The minimum atomic E-state index is -0.627. The number of hydrogen-bond acceptors (Lipinski definition) is 3. The van der Waals surface area contributed by atoms with Crippen molar-refractivity contribution in [1.82, 2.24) is 24.1 Å². The number of fused-ring (bicyclic) bond motifs is 6. The smallest absolute Gasteiger partial charge is 0.240 e. The second-order valence-corrected chi connectivity index (χ2v) is 14.4. The van der Waals surface area contributed by atoms with Gasteiger partial charge in [0.1, 0.15) is 0 Å². The van der Waals surface area contributed by atoms with E-state index < -0.39 is 5.41 Å². The maximum atomic E-state index is 5.39. The molecular formula is C52H35N5. The van der Waals surface area contributed by atoms with Crippen molar-refractivity contribution >= 4 is 43.6 Å². The van der Waals surface area contributed by atoms with Crippen molar-refractivity contribution in [3.63, 3.8) is 0 Å². The molecule has 0 spiro atoms. The van der Waals surface area contributed by atoms with Crippen molar-refractivity contribution in [2.75, 3.05) is 0 Å². The van der Waals surface area contributed by atoms with Crippen LogP contribution in [0.2, 0.25) is 0 Å². The fourth-order valence-corrected chi connectivity index (χ4v) is 8.92. The molecule has 57 heavy (non-hydrogen) atoms. The van der Waals surface area contributed by atoms with E-state index in [9.17, 15) is 0 Å². The summed E-state index contributed by atoms with van der Waals surface area (Å²) in [5.74, 6) is 1.70. The van der Waals surface area contributed by atoms with Gasteiger partial charge in [-0.05, 0) is 52.6 Å². The Morgan fingerprint density at radius 1 is 0.298 bits per heavy atom. The van der Waals surface area contributed by atoms with Crippen LogP contribution in [0.5, 0.6) is 0 Å². The Bertz CT molecular complexity index is 2900. The van der Waals surface area contributed by atoms with Gasteiger partial charge in [-0.25, -0.2) is 0 Å². The van der Waals surface area contributed by atoms with Gasteiger partial charge in [0.2, 0.25) is 11.9 Å². The number of rotatable bonds is 7. The minimum absolute atomic E-state index is 0.556. The highest BCUT2D eigenvalue weighted by atomic mass is 15.3. The van der Waals surface area contributed by atoms with Crippen LogP contribution in [0.4, 0.5) is 0 Å². The van der Waals surface area contributed by atoms with E-state index >= 15 is 0 Å². The van der Waals surface area contributed by atoms with Crippen LogP contribution < -0.4 is 0 Å². The van der Waals surface area contributed by atoms with Gasteiger partial charge in [0, 0.05) is 27.1 Å². The number of para-hydroxylation sites is 4. The second kappa shape index (κ2) is 13.3. The fourth-order valence-electron chi connectivity index (χ4n) is 8.92. The maximum absolute atomic E-state index is 5.39. The first-order chi connectivity index (χ1) is 28.3. The molecule has 0 aliphatic rings. The summed E-state index contributed by atoms with van der Waals surface area (Å²) in [6.45, 7) is 0. The minimum Gasteiger partial charge on any atom is -0.278 e. The molecule has 5 nitrogen and oxygen atoms in total. The normalized spacial score (nSPS) is 11.9. The van der Waals surface area contributed by atoms with Gasteiger partial charge in [0.05, 0.1) is 27.5 Å². The zero-order valence-corrected chi connectivity index (χ0v) is 30.9. The lowest BCUT2D eigenvalue weighted by Crippen LogP contribution is -2.31. The van der Waals surface area contributed by atoms with Crippen molar-refractivity contribution in [2.45, 2.75) is 5.41 Å². The summed E-state index contributed by atoms with van der Waals surface area (Å²) in [7, 11) is 0. The lowest BCUT2D eigenvalue weighted by Gasteiger charge is -2.37. The lowest BCUT2D eigenvalue weighted by atomic mass is 9.65. The summed E-state index contributed by atoms with van der Waals surface area (Å²) in [6.07, 6.45) is 0. The van der Waals surface area contributed by atoms with Gasteiger partial charge in [-0.15, -0.1) is 0 Å². The molecule has 5 heteroatoms. The molecule has 0 aliphatic carbocycles. The average molecular weight is 730 g/mol. The standard InChI is InChI=1S/C52H35N5/c1-4-20-37(21-5-1)52(38-22-6-2-7-23-38,39-24-8-3-9-25-39)40-26-18-19-36(35-40)49-53-50(56-45-31-14-10-27-41(45)42-28-11-15-32-46(42)56)55-51(54-49)57-47-33-16-12-29-43(47)44-30-13-17-34-48(44)57/h1-35H. The van der Waals surface area contributed by atoms with E-state index in [1.165, 1.54) is 16.7 Å². The van der Waals surface area contributed by atoms with Gasteiger partial charge in [0.15, 0.2) is 5.82 Å². The number of aromatic nitrogens is 5. The van der Waals surface area contributed by atoms with E-state index in [-0.39, 0.29) is 0 Å². The van der Waals surface area contributed by atoms with Gasteiger partial charge < -0.3 is 0 Å². The Labute approximate surface area is 329 Å². The summed E-state index contributed by atoms with van der Waals surface area (Å²) in [5, 5.41) is 4.59. The molecule has 8 aromatic carbocycles. The molecule has 0 aliphatic heterocycles. The topological polar surface area (TPSA) is 48.5 Å². The Hall–Kier alpha value is -7.63. The van der Waals surface area contributed by atoms with E-state index in [4.69, 9.17) is 15.0 Å². The summed E-state index contributed by atoms with van der Waals surface area (Å²) in [5.41, 5.74) is 9.04. The molecule has 0 unspecified atom stereocenters. The predicted octanol–water partition coefficient (Wildman–Crippen LogP) is 12.1. The Morgan fingerprint density at radius 2 is 0.632 bits per heavy atom. The fraction of sp³-hybridized carbons (Fsp3) is 0.0192. The number of nitrogens with zero attached hydrogens (tertiary/aromatic N) is 5. The third-order valence-corrected chi connectivity index (χ3v) is 11.3. The largest absolute Gasteiger partial charge is 0.278 e.